The van der Waals surface area contributed by atoms with E-state index in [0.717, 1.165) is 22.9 Å². The van der Waals surface area contributed by atoms with Gasteiger partial charge in [-0.2, -0.15) is 0 Å². The van der Waals surface area contributed by atoms with Gasteiger partial charge in [-0.1, -0.05) is 41.9 Å². The van der Waals surface area contributed by atoms with E-state index in [1.807, 2.05) is 12.1 Å². The fraction of sp³-hybridized carbons (Fsp3) is 0.562. The standard InChI is InChI=1S/C16H22BrNO2/c1-11(2)16(3,12-6-8-13(17)9-7-12)18-15(19)14-5-4-10-20-14/h6-9,11,14H,4-5,10H2,1-3H3,(H,18,19)/t14-,16+/m1/s1. The summed E-state index contributed by atoms with van der Waals surface area (Å²) in [5, 5.41) is 3.19. The van der Waals surface area contributed by atoms with Gasteiger partial charge in [0.1, 0.15) is 6.10 Å². The molecule has 3 nitrogen and oxygen atoms in total. The lowest BCUT2D eigenvalue weighted by Crippen LogP contribution is -2.50. The van der Waals surface area contributed by atoms with E-state index in [1.165, 1.54) is 0 Å². The Morgan fingerprint density at radius 2 is 2.05 bits per heavy atom. The number of amides is 1. The molecule has 1 heterocycles. The molecule has 1 amide bonds. The van der Waals surface area contributed by atoms with Crippen molar-refractivity contribution >= 4 is 21.8 Å². The second-order valence-electron chi connectivity index (χ2n) is 5.85. The fourth-order valence-corrected chi connectivity index (χ4v) is 2.73. The number of hydrogen-bond acceptors (Lipinski definition) is 2. The van der Waals surface area contributed by atoms with Crippen LogP contribution in [0.15, 0.2) is 28.7 Å². The number of rotatable bonds is 4. The van der Waals surface area contributed by atoms with Crippen molar-refractivity contribution in [2.45, 2.75) is 45.3 Å². The highest BCUT2D eigenvalue weighted by Gasteiger charge is 2.35. The van der Waals surface area contributed by atoms with E-state index in [2.05, 4.69) is 54.2 Å². The van der Waals surface area contributed by atoms with Crippen molar-refractivity contribution in [2.24, 2.45) is 5.92 Å². The molecule has 1 aliphatic rings. The molecule has 1 aromatic rings. The lowest BCUT2D eigenvalue weighted by molar-refractivity contribution is -0.132. The molecule has 0 aliphatic carbocycles. The zero-order valence-corrected chi connectivity index (χ0v) is 13.9. The van der Waals surface area contributed by atoms with Crippen LogP contribution in [0, 0.1) is 5.92 Å². The third kappa shape index (κ3) is 3.23. The topological polar surface area (TPSA) is 38.3 Å². The Labute approximate surface area is 129 Å². The van der Waals surface area contributed by atoms with E-state index >= 15 is 0 Å². The van der Waals surface area contributed by atoms with Gasteiger partial charge in [-0.25, -0.2) is 0 Å². The van der Waals surface area contributed by atoms with Gasteiger partial charge in [-0.05, 0) is 43.4 Å². The molecular weight excluding hydrogens is 318 g/mol. The summed E-state index contributed by atoms with van der Waals surface area (Å²) in [4.78, 5) is 12.4. The maximum absolute atomic E-state index is 12.4. The van der Waals surface area contributed by atoms with Crippen LogP contribution in [0.2, 0.25) is 0 Å². The van der Waals surface area contributed by atoms with Gasteiger partial charge in [-0.15, -0.1) is 0 Å². The highest BCUT2D eigenvalue weighted by atomic mass is 79.9. The van der Waals surface area contributed by atoms with Gasteiger partial charge in [0.15, 0.2) is 0 Å². The molecule has 1 aromatic carbocycles. The molecule has 2 rings (SSSR count). The van der Waals surface area contributed by atoms with Crippen LogP contribution in [-0.4, -0.2) is 18.6 Å². The average Bonchev–Trinajstić information content (AvgIpc) is 2.93. The van der Waals surface area contributed by atoms with E-state index in [1.54, 1.807) is 0 Å². The van der Waals surface area contributed by atoms with Crippen molar-refractivity contribution in [2.75, 3.05) is 6.61 Å². The van der Waals surface area contributed by atoms with Gasteiger partial charge >= 0.3 is 0 Å². The average molecular weight is 340 g/mol. The number of halogens is 1. The Morgan fingerprint density at radius 3 is 2.55 bits per heavy atom. The van der Waals surface area contributed by atoms with Crippen molar-refractivity contribution < 1.29 is 9.53 Å². The number of ether oxygens (including phenoxy) is 1. The Kier molecular flexibility index (Phi) is 4.86. The Morgan fingerprint density at radius 1 is 1.40 bits per heavy atom. The van der Waals surface area contributed by atoms with Crippen LogP contribution in [0.25, 0.3) is 0 Å². The monoisotopic (exact) mass is 339 g/mol. The molecule has 1 saturated heterocycles. The SMILES string of the molecule is CC(C)[C@](C)(NC(=O)[C@H]1CCCO1)c1ccc(Br)cc1. The van der Waals surface area contributed by atoms with Gasteiger partial charge in [0.05, 0.1) is 5.54 Å². The zero-order chi connectivity index (χ0) is 14.8. The first-order valence-electron chi connectivity index (χ1n) is 7.13. The third-order valence-corrected chi connectivity index (χ3v) is 4.73. The quantitative estimate of drug-likeness (QED) is 0.909. The zero-order valence-electron chi connectivity index (χ0n) is 12.3. The summed E-state index contributed by atoms with van der Waals surface area (Å²) in [6, 6.07) is 8.13. The smallest absolute Gasteiger partial charge is 0.249 e. The van der Waals surface area contributed by atoms with Crippen molar-refractivity contribution in [3.8, 4) is 0 Å². The molecule has 0 spiro atoms. The van der Waals surface area contributed by atoms with Gasteiger partial charge in [0.2, 0.25) is 5.91 Å². The second kappa shape index (κ2) is 6.27. The largest absolute Gasteiger partial charge is 0.368 e. The van der Waals surface area contributed by atoms with Crippen LogP contribution >= 0.6 is 15.9 Å². The van der Waals surface area contributed by atoms with E-state index in [9.17, 15) is 4.79 Å². The second-order valence-corrected chi connectivity index (χ2v) is 6.77. The van der Waals surface area contributed by atoms with E-state index < -0.39 is 0 Å². The van der Waals surface area contributed by atoms with E-state index in [-0.39, 0.29) is 23.5 Å². The highest BCUT2D eigenvalue weighted by Crippen LogP contribution is 2.30. The number of carbonyl (C=O) groups excluding carboxylic acids is 1. The Balaban J connectivity index is 2.20. The number of nitrogens with one attached hydrogen (secondary N) is 1. The van der Waals surface area contributed by atoms with Gasteiger partial charge < -0.3 is 10.1 Å². The molecular formula is C16H22BrNO2. The highest BCUT2D eigenvalue weighted by molar-refractivity contribution is 9.10. The van der Waals surface area contributed by atoms with Crippen LogP contribution in [0.4, 0.5) is 0 Å². The maximum Gasteiger partial charge on any atom is 0.249 e. The van der Waals surface area contributed by atoms with Crippen LogP contribution < -0.4 is 5.32 Å². The predicted octanol–water partition coefficient (Wildman–Crippen LogP) is 3.62. The number of hydrogen-bond donors (Lipinski definition) is 1. The summed E-state index contributed by atoms with van der Waals surface area (Å²) in [6.07, 6.45) is 1.50. The molecule has 0 saturated carbocycles. The summed E-state index contributed by atoms with van der Waals surface area (Å²) < 4.78 is 6.52. The normalized spacial score (nSPS) is 21.8. The summed E-state index contributed by atoms with van der Waals surface area (Å²) in [5.41, 5.74) is 0.728. The van der Waals surface area contributed by atoms with Crippen molar-refractivity contribution in [3.05, 3.63) is 34.3 Å². The summed E-state index contributed by atoms with van der Waals surface area (Å²) in [7, 11) is 0. The van der Waals surface area contributed by atoms with E-state index in [4.69, 9.17) is 4.74 Å². The van der Waals surface area contributed by atoms with E-state index in [0.29, 0.717) is 6.61 Å². The molecule has 1 aliphatic heterocycles. The lowest BCUT2D eigenvalue weighted by atomic mass is 9.81. The number of carbonyl (C=O) groups is 1. The van der Waals surface area contributed by atoms with Crippen LogP contribution in [-0.2, 0) is 15.1 Å². The minimum Gasteiger partial charge on any atom is -0.368 e. The first-order valence-corrected chi connectivity index (χ1v) is 7.92. The molecule has 110 valence electrons. The maximum atomic E-state index is 12.4. The first kappa shape index (κ1) is 15.5. The minimum absolute atomic E-state index is 0.00150. The molecule has 20 heavy (non-hydrogen) atoms. The summed E-state index contributed by atoms with van der Waals surface area (Å²) in [6.45, 7) is 7.01. The molecule has 0 unspecified atom stereocenters. The number of benzene rings is 1. The first-order chi connectivity index (χ1) is 9.43. The Hall–Kier alpha value is -0.870. The fourth-order valence-electron chi connectivity index (χ4n) is 2.47. The van der Waals surface area contributed by atoms with Crippen LogP contribution in [0.3, 0.4) is 0 Å². The summed E-state index contributed by atoms with van der Waals surface area (Å²) in [5.74, 6) is 0.288. The predicted molar refractivity (Wildman–Crippen MR) is 83.4 cm³/mol. The molecule has 0 aromatic heterocycles. The van der Waals surface area contributed by atoms with Crippen molar-refractivity contribution in [3.63, 3.8) is 0 Å². The molecule has 1 fully saturated rings. The van der Waals surface area contributed by atoms with Gasteiger partial charge in [-0.3, -0.25) is 4.79 Å². The molecule has 2 atom stereocenters. The van der Waals surface area contributed by atoms with Gasteiger partial charge in [0, 0.05) is 11.1 Å². The van der Waals surface area contributed by atoms with Crippen LogP contribution in [0.1, 0.15) is 39.2 Å². The van der Waals surface area contributed by atoms with Crippen molar-refractivity contribution in [1.29, 1.82) is 0 Å². The third-order valence-electron chi connectivity index (χ3n) is 4.20. The molecule has 4 heteroatoms. The van der Waals surface area contributed by atoms with Crippen molar-refractivity contribution in [1.82, 2.24) is 5.32 Å². The van der Waals surface area contributed by atoms with Gasteiger partial charge in [0.25, 0.3) is 0 Å². The lowest BCUT2D eigenvalue weighted by Gasteiger charge is -2.36. The summed E-state index contributed by atoms with van der Waals surface area (Å²) >= 11 is 3.45. The molecule has 0 bridgehead atoms. The molecule has 1 N–H and O–H groups in total. The molecule has 0 radical (unpaired) electrons. The van der Waals surface area contributed by atoms with Crippen LogP contribution in [0.5, 0.6) is 0 Å². The minimum atomic E-state index is -0.385. The Bertz CT molecular complexity index is 466.